The number of aryl methyl sites for hydroxylation is 1. The molecule has 0 radical (unpaired) electrons. The molecule has 1 aromatic carbocycles. The molecule has 0 aliphatic rings. The fourth-order valence-corrected chi connectivity index (χ4v) is 2.31. The second-order valence-electron chi connectivity index (χ2n) is 4.50. The van der Waals surface area contributed by atoms with Crippen molar-refractivity contribution in [2.24, 2.45) is 0 Å². The number of anilines is 1. The maximum Gasteiger partial charge on any atom is 0.294 e. The number of nitrogen functional groups attached to an aromatic ring is 1. The Bertz CT molecular complexity index is 747. The van der Waals surface area contributed by atoms with Crippen molar-refractivity contribution in [2.45, 2.75) is 24.3 Å². The van der Waals surface area contributed by atoms with Crippen molar-refractivity contribution in [1.29, 1.82) is 0 Å². The van der Waals surface area contributed by atoms with Crippen LogP contribution < -0.4 is 16.7 Å². The number of thioether (sulfide) groups is 1. The van der Waals surface area contributed by atoms with E-state index in [4.69, 9.17) is 5.84 Å². The molecule has 0 aliphatic carbocycles. The first-order chi connectivity index (χ1) is 10.4. The van der Waals surface area contributed by atoms with Gasteiger partial charge in [-0.1, -0.05) is 11.8 Å². The summed E-state index contributed by atoms with van der Waals surface area (Å²) < 4.78 is 13.7. The summed E-state index contributed by atoms with van der Waals surface area (Å²) in [5.74, 6) is 4.89. The van der Waals surface area contributed by atoms with Crippen LogP contribution in [0.5, 0.6) is 0 Å². The van der Waals surface area contributed by atoms with Crippen LogP contribution in [0.3, 0.4) is 0 Å². The number of hydrogen-bond donors (Lipinski definition) is 2. The molecule has 0 aliphatic heterocycles. The SMILES string of the molecule is Cc1nnc(S[C@@H](C)C(=O)Nc2ccc(F)cc2)n(N)c1=O. The quantitative estimate of drug-likeness (QED) is 0.640. The molecule has 0 saturated carbocycles. The van der Waals surface area contributed by atoms with Crippen molar-refractivity contribution in [3.63, 3.8) is 0 Å². The van der Waals surface area contributed by atoms with E-state index in [9.17, 15) is 14.0 Å². The third-order valence-corrected chi connectivity index (χ3v) is 3.84. The van der Waals surface area contributed by atoms with E-state index in [2.05, 4.69) is 15.5 Å². The first kappa shape index (κ1) is 16.0. The highest BCUT2D eigenvalue weighted by atomic mass is 32.2. The van der Waals surface area contributed by atoms with Crippen molar-refractivity contribution in [3.05, 3.63) is 46.1 Å². The second kappa shape index (κ2) is 6.56. The van der Waals surface area contributed by atoms with E-state index in [1.54, 1.807) is 6.92 Å². The summed E-state index contributed by atoms with van der Waals surface area (Å²) in [7, 11) is 0. The van der Waals surface area contributed by atoms with Gasteiger partial charge in [0.2, 0.25) is 11.1 Å². The minimum atomic E-state index is -0.573. The number of benzene rings is 1. The van der Waals surface area contributed by atoms with Crippen LogP contribution >= 0.6 is 11.8 Å². The minimum absolute atomic E-state index is 0.136. The van der Waals surface area contributed by atoms with E-state index >= 15 is 0 Å². The fraction of sp³-hybridized carbons (Fsp3) is 0.231. The fourth-order valence-electron chi connectivity index (χ4n) is 1.54. The zero-order valence-corrected chi connectivity index (χ0v) is 12.7. The number of halogens is 1. The summed E-state index contributed by atoms with van der Waals surface area (Å²) >= 11 is 1.00. The molecule has 1 aromatic heterocycles. The van der Waals surface area contributed by atoms with Gasteiger partial charge in [-0.25, -0.2) is 4.39 Å². The normalized spacial score (nSPS) is 12.0. The largest absolute Gasteiger partial charge is 0.334 e. The Balaban J connectivity index is 2.07. The lowest BCUT2D eigenvalue weighted by Gasteiger charge is -2.12. The Morgan fingerprint density at radius 2 is 2.00 bits per heavy atom. The van der Waals surface area contributed by atoms with Crippen molar-refractivity contribution in [3.8, 4) is 0 Å². The van der Waals surface area contributed by atoms with Gasteiger partial charge in [0.1, 0.15) is 11.5 Å². The maximum absolute atomic E-state index is 12.8. The molecule has 0 unspecified atom stereocenters. The molecule has 116 valence electrons. The van der Waals surface area contributed by atoms with Gasteiger partial charge < -0.3 is 11.2 Å². The number of carbonyl (C=O) groups is 1. The molecular formula is C13H14FN5O2S. The standard InChI is InChI=1S/C13H14FN5O2S/c1-7-12(21)19(15)13(18-17-7)22-8(2)11(20)16-10-5-3-9(14)4-6-10/h3-6,8H,15H2,1-2H3,(H,16,20)/t8-/m0/s1. The number of amides is 1. The number of carbonyl (C=O) groups excluding carboxylic acids is 1. The van der Waals surface area contributed by atoms with Gasteiger partial charge in [-0.2, -0.15) is 4.68 Å². The van der Waals surface area contributed by atoms with Crippen molar-refractivity contribution in [1.82, 2.24) is 14.9 Å². The number of nitrogens with two attached hydrogens (primary N) is 1. The van der Waals surface area contributed by atoms with Crippen LogP contribution in [0.1, 0.15) is 12.6 Å². The number of rotatable bonds is 4. The molecule has 3 N–H and O–H groups in total. The van der Waals surface area contributed by atoms with Gasteiger partial charge in [-0.3, -0.25) is 9.59 Å². The van der Waals surface area contributed by atoms with Gasteiger partial charge >= 0.3 is 0 Å². The Kier molecular flexibility index (Phi) is 4.76. The summed E-state index contributed by atoms with van der Waals surface area (Å²) in [5, 5.41) is 9.68. The Morgan fingerprint density at radius 1 is 1.36 bits per heavy atom. The lowest BCUT2D eigenvalue weighted by Crippen LogP contribution is -2.33. The number of hydrogen-bond acceptors (Lipinski definition) is 6. The van der Waals surface area contributed by atoms with Crippen LogP contribution in [0.25, 0.3) is 0 Å². The first-order valence-corrected chi connectivity index (χ1v) is 7.21. The second-order valence-corrected chi connectivity index (χ2v) is 5.81. The summed E-state index contributed by atoms with van der Waals surface area (Å²) in [6.07, 6.45) is 0. The molecule has 0 spiro atoms. The van der Waals surface area contributed by atoms with Gasteiger partial charge in [0, 0.05) is 5.69 Å². The summed E-state index contributed by atoms with van der Waals surface area (Å²) in [4.78, 5) is 23.7. The monoisotopic (exact) mass is 323 g/mol. The Hall–Kier alpha value is -2.42. The van der Waals surface area contributed by atoms with E-state index in [0.717, 1.165) is 16.4 Å². The molecule has 0 saturated heterocycles. The first-order valence-electron chi connectivity index (χ1n) is 6.33. The molecule has 2 rings (SSSR count). The number of nitrogens with zero attached hydrogens (tertiary/aromatic N) is 3. The highest BCUT2D eigenvalue weighted by Gasteiger charge is 2.18. The van der Waals surface area contributed by atoms with E-state index < -0.39 is 10.8 Å². The molecule has 1 heterocycles. The van der Waals surface area contributed by atoms with E-state index in [0.29, 0.717) is 5.69 Å². The summed E-state index contributed by atoms with van der Waals surface area (Å²) in [5.41, 5.74) is 0.179. The van der Waals surface area contributed by atoms with Crippen LogP contribution in [0.2, 0.25) is 0 Å². The molecule has 0 bridgehead atoms. The molecule has 2 aromatic rings. The highest BCUT2D eigenvalue weighted by molar-refractivity contribution is 8.00. The average Bonchev–Trinajstić information content (AvgIpc) is 2.50. The minimum Gasteiger partial charge on any atom is -0.334 e. The van der Waals surface area contributed by atoms with Crippen LogP contribution in [-0.4, -0.2) is 26.0 Å². The highest BCUT2D eigenvalue weighted by Crippen LogP contribution is 2.20. The van der Waals surface area contributed by atoms with Gasteiger partial charge in [0.25, 0.3) is 5.56 Å². The predicted octanol–water partition coefficient (Wildman–Crippen LogP) is 0.919. The van der Waals surface area contributed by atoms with Crippen LogP contribution in [0, 0.1) is 12.7 Å². The van der Waals surface area contributed by atoms with Gasteiger partial charge in [-0.15, -0.1) is 10.2 Å². The summed E-state index contributed by atoms with van der Waals surface area (Å²) in [6.45, 7) is 3.13. The zero-order chi connectivity index (χ0) is 16.3. The lowest BCUT2D eigenvalue weighted by molar-refractivity contribution is -0.115. The van der Waals surface area contributed by atoms with Gasteiger partial charge in [-0.05, 0) is 38.1 Å². The van der Waals surface area contributed by atoms with E-state index in [1.165, 1.54) is 31.2 Å². The third-order valence-electron chi connectivity index (χ3n) is 2.78. The Labute approximate surface area is 129 Å². The molecule has 1 atom stereocenters. The average molecular weight is 323 g/mol. The van der Waals surface area contributed by atoms with Crippen molar-refractivity contribution in [2.75, 3.05) is 11.2 Å². The molecule has 7 nitrogen and oxygen atoms in total. The number of aromatic nitrogens is 3. The molecule has 0 fully saturated rings. The molecule has 1 amide bonds. The molecular weight excluding hydrogens is 309 g/mol. The van der Waals surface area contributed by atoms with Gasteiger partial charge in [0.15, 0.2) is 0 Å². The van der Waals surface area contributed by atoms with Crippen molar-refractivity contribution < 1.29 is 9.18 Å². The molecule has 22 heavy (non-hydrogen) atoms. The van der Waals surface area contributed by atoms with Crippen LogP contribution in [-0.2, 0) is 4.79 Å². The van der Waals surface area contributed by atoms with Crippen LogP contribution in [0.15, 0.2) is 34.2 Å². The van der Waals surface area contributed by atoms with Crippen LogP contribution in [0.4, 0.5) is 10.1 Å². The predicted molar refractivity (Wildman–Crippen MR) is 81.5 cm³/mol. The lowest BCUT2D eigenvalue weighted by atomic mass is 10.3. The van der Waals surface area contributed by atoms with Crippen molar-refractivity contribution >= 4 is 23.4 Å². The number of nitrogens with one attached hydrogen (secondary N) is 1. The smallest absolute Gasteiger partial charge is 0.294 e. The summed E-state index contributed by atoms with van der Waals surface area (Å²) in [6, 6.07) is 5.40. The zero-order valence-electron chi connectivity index (χ0n) is 11.9. The maximum atomic E-state index is 12.8. The third kappa shape index (κ3) is 3.61. The van der Waals surface area contributed by atoms with E-state index in [1.807, 2.05) is 0 Å². The topological polar surface area (TPSA) is 103 Å². The van der Waals surface area contributed by atoms with E-state index in [-0.39, 0.29) is 22.6 Å². The Morgan fingerprint density at radius 3 is 2.64 bits per heavy atom. The van der Waals surface area contributed by atoms with Gasteiger partial charge in [0.05, 0.1) is 5.25 Å². The molecule has 9 heteroatoms.